The minimum absolute atomic E-state index is 0.00902. The number of rotatable bonds is 5. The Morgan fingerprint density at radius 2 is 2.00 bits per heavy atom. The topological polar surface area (TPSA) is 79.7 Å². The number of aromatic nitrogens is 5. The molecule has 0 spiro atoms. The maximum Gasteiger partial charge on any atom is 0.238 e. The van der Waals surface area contributed by atoms with E-state index in [1.807, 2.05) is 61.8 Å². The number of alkyl halides is 2. The first-order valence-corrected chi connectivity index (χ1v) is 11.6. The molecule has 0 aliphatic carbocycles. The van der Waals surface area contributed by atoms with Gasteiger partial charge in [-0.05, 0) is 56.2 Å². The molecule has 35 heavy (non-hydrogen) atoms. The molecule has 1 aromatic carbocycles. The third kappa shape index (κ3) is 4.05. The number of nitrogens with zero attached hydrogens (tertiary/aromatic N) is 5. The molecule has 0 saturated carbocycles. The van der Waals surface area contributed by atoms with Gasteiger partial charge < -0.3 is 4.98 Å². The number of halogens is 2. The van der Waals surface area contributed by atoms with Crippen LogP contribution in [0.1, 0.15) is 25.5 Å². The van der Waals surface area contributed by atoms with E-state index >= 15 is 0 Å². The van der Waals surface area contributed by atoms with Gasteiger partial charge in [0.2, 0.25) is 6.43 Å². The number of pyridine rings is 2. The number of hydrogen-bond acceptors (Lipinski definition) is 5. The molecule has 1 aliphatic rings. The third-order valence-corrected chi connectivity index (χ3v) is 6.58. The van der Waals surface area contributed by atoms with Gasteiger partial charge in [0, 0.05) is 58.5 Å². The lowest BCUT2D eigenvalue weighted by Crippen LogP contribution is -2.19. The number of aliphatic imine (C=N–C) groups is 1. The van der Waals surface area contributed by atoms with E-state index in [0.29, 0.717) is 18.7 Å². The van der Waals surface area contributed by atoms with Gasteiger partial charge in [0.05, 0.1) is 22.6 Å². The molecular formula is C27H22F2N6. The lowest BCUT2D eigenvalue weighted by atomic mass is 9.90. The molecule has 0 fully saturated rings. The fourth-order valence-electron chi connectivity index (χ4n) is 4.67. The first-order chi connectivity index (χ1) is 17.0. The highest BCUT2D eigenvalue weighted by atomic mass is 19.3. The van der Waals surface area contributed by atoms with Crippen LogP contribution in [-0.4, -0.2) is 37.1 Å². The third-order valence-electron chi connectivity index (χ3n) is 6.58. The summed E-state index contributed by atoms with van der Waals surface area (Å²) in [4.78, 5) is 26.5. The van der Waals surface area contributed by atoms with Crippen molar-refractivity contribution in [3.63, 3.8) is 0 Å². The van der Waals surface area contributed by atoms with Gasteiger partial charge in [-0.1, -0.05) is 6.07 Å². The summed E-state index contributed by atoms with van der Waals surface area (Å²) in [6.45, 7) is 1.91. The maximum absolute atomic E-state index is 12.7. The van der Waals surface area contributed by atoms with Gasteiger partial charge in [0.15, 0.2) is 5.82 Å². The van der Waals surface area contributed by atoms with Crippen molar-refractivity contribution in [1.29, 1.82) is 0 Å². The predicted octanol–water partition coefficient (Wildman–Crippen LogP) is 6.55. The molecule has 4 aromatic heterocycles. The van der Waals surface area contributed by atoms with Crippen molar-refractivity contribution in [2.24, 2.45) is 10.9 Å². The Morgan fingerprint density at radius 3 is 2.89 bits per heavy atom. The quantitative estimate of drug-likeness (QED) is 0.317. The van der Waals surface area contributed by atoms with Crippen LogP contribution in [0.3, 0.4) is 0 Å². The Morgan fingerprint density at radius 1 is 1.09 bits per heavy atom. The number of aromatic amines is 1. The van der Waals surface area contributed by atoms with E-state index in [9.17, 15) is 8.78 Å². The van der Waals surface area contributed by atoms with Crippen LogP contribution in [0.2, 0.25) is 0 Å². The summed E-state index contributed by atoms with van der Waals surface area (Å²) in [6.07, 6.45) is 4.07. The van der Waals surface area contributed by atoms with Crippen LogP contribution >= 0.6 is 0 Å². The van der Waals surface area contributed by atoms with Gasteiger partial charge in [0.1, 0.15) is 5.65 Å². The molecule has 5 heterocycles. The second-order valence-electron chi connectivity index (χ2n) is 8.85. The zero-order chi connectivity index (χ0) is 23.9. The van der Waals surface area contributed by atoms with Crippen LogP contribution in [0, 0.1) is 5.92 Å². The predicted molar refractivity (Wildman–Crippen MR) is 133 cm³/mol. The van der Waals surface area contributed by atoms with Crippen molar-refractivity contribution < 1.29 is 8.78 Å². The van der Waals surface area contributed by atoms with E-state index in [1.54, 1.807) is 6.20 Å². The number of hydrogen-bond donors (Lipinski definition) is 1. The summed E-state index contributed by atoms with van der Waals surface area (Å²) in [5.41, 5.74) is 6.78. The van der Waals surface area contributed by atoms with E-state index in [2.05, 4.69) is 19.9 Å². The highest BCUT2D eigenvalue weighted by Crippen LogP contribution is 2.34. The summed E-state index contributed by atoms with van der Waals surface area (Å²) in [5.74, 6) is 0.618. The highest BCUT2D eigenvalue weighted by Gasteiger charge is 2.23. The second-order valence-corrected chi connectivity index (χ2v) is 8.85. The SMILES string of the molecule is CC1=Nc2ccc(-c3c[nH]c4nc(-c5ccc6ncccc6c5)ncc34)nc2C[C@@H]1CCC(F)F. The summed E-state index contributed by atoms with van der Waals surface area (Å²) >= 11 is 0. The van der Waals surface area contributed by atoms with Gasteiger partial charge in [-0.25, -0.2) is 18.7 Å². The van der Waals surface area contributed by atoms with Crippen molar-refractivity contribution in [2.75, 3.05) is 0 Å². The van der Waals surface area contributed by atoms with Crippen LogP contribution in [0.5, 0.6) is 0 Å². The van der Waals surface area contributed by atoms with Crippen molar-refractivity contribution in [2.45, 2.75) is 32.6 Å². The molecule has 6 nitrogen and oxygen atoms in total. The largest absolute Gasteiger partial charge is 0.345 e. The molecule has 0 bridgehead atoms. The standard InChI is InChI=1S/C27H22F2N6/c1-15-16(5-9-25(28)29)12-24-23(33-15)8-7-22(34-24)19-13-32-27-20(19)14-31-26(35-27)18-4-6-21-17(11-18)3-2-10-30-21/h2-4,6-8,10-11,13-14,16,25H,5,9,12H2,1H3,(H,31,32,35)/t16-/m0/s1. The van der Waals surface area contributed by atoms with Gasteiger partial charge in [-0.2, -0.15) is 0 Å². The summed E-state index contributed by atoms with van der Waals surface area (Å²) in [7, 11) is 0. The summed E-state index contributed by atoms with van der Waals surface area (Å²) in [6, 6.07) is 13.8. The van der Waals surface area contributed by atoms with Crippen LogP contribution in [-0.2, 0) is 6.42 Å². The molecule has 1 aliphatic heterocycles. The Bertz CT molecular complexity index is 1590. The molecular weight excluding hydrogens is 446 g/mol. The minimum atomic E-state index is -2.30. The fourth-order valence-corrected chi connectivity index (χ4v) is 4.67. The van der Waals surface area contributed by atoms with E-state index in [1.165, 1.54) is 0 Å². The molecule has 1 N–H and O–H groups in total. The Balaban J connectivity index is 1.32. The molecule has 0 amide bonds. The average Bonchev–Trinajstić information content (AvgIpc) is 3.30. The normalized spacial score (nSPS) is 15.5. The van der Waals surface area contributed by atoms with Crippen molar-refractivity contribution in [1.82, 2.24) is 24.9 Å². The van der Waals surface area contributed by atoms with Crippen molar-refractivity contribution in [3.8, 4) is 22.6 Å². The van der Waals surface area contributed by atoms with Gasteiger partial charge in [-0.15, -0.1) is 0 Å². The van der Waals surface area contributed by atoms with Gasteiger partial charge in [-0.3, -0.25) is 15.0 Å². The average molecular weight is 469 g/mol. The number of fused-ring (bicyclic) bond motifs is 3. The summed E-state index contributed by atoms with van der Waals surface area (Å²) < 4.78 is 25.5. The highest BCUT2D eigenvalue weighted by molar-refractivity contribution is 5.94. The summed E-state index contributed by atoms with van der Waals surface area (Å²) in [5, 5.41) is 1.90. The molecule has 0 saturated heterocycles. The minimum Gasteiger partial charge on any atom is -0.345 e. The van der Waals surface area contributed by atoms with Crippen LogP contribution in [0.4, 0.5) is 14.5 Å². The monoisotopic (exact) mass is 468 g/mol. The first kappa shape index (κ1) is 21.5. The number of nitrogens with one attached hydrogen (secondary N) is 1. The lowest BCUT2D eigenvalue weighted by molar-refractivity contribution is 0.131. The molecule has 0 radical (unpaired) electrons. The second kappa shape index (κ2) is 8.61. The van der Waals surface area contributed by atoms with Gasteiger partial charge in [0.25, 0.3) is 0 Å². The van der Waals surface area contributed by atoms with E-state index in [-0.39, 0.29) is 12.3 Å². The van der Waals surface area contributed by atoms with E-state index in [0.717, 1.165) is 55.9 Å². The van der Waals surface area contributed by atoms with Crippen molar-refractivity contribution in [3.05, 3.63) is 66.7 Å². The van der Waals surface area contributed by atoms with E-state index < -0.39 is 6.43 Å². The van der Waals surface area contributed by atoms with Crippen LogP contribution in [0.15, 0.2) is 66.0 Å². The van der Waals surface area contributed by atoms with Crippen LogP contribution < -0.4 is 0 Å². The first-order valence-electron chi connectivity index (χ1n) is 11.6. The number of benzene rings is 1. The van der Waals surface area contributed by atoms with Crippen LogP contribution in [0.25, 0.3) is 44.6 Å². The zero-order valence-electron chi connectivity index (χ0n) is 19.0. The maximum atomic E-state index is 12.7. The van der Waals surface area contributed by atoms with Gasteiger partial charge >= 0.3 is 0 Å². The Labute approximate surface area is 200 Å². The zero-order valence-corrected chi connectivity index (χ0v) is 19.0. The molecule has 174 valence electrons. The molecule has 0 unspecified atom stereocenters. The molecule has 5 aromatic rings. The fraction of sp³-hybridized carbons (Fsp3) is 0.222. The molecule has 6 rings (SSSR count). The van der Waals surface area contributed by atoms with Crippen molar-refractivity contribution >= 4 is 33.3 Å². The Hall–Kier alpha value is -4.07. The number of H-pyrrole nitrogens is 1. The molecule has 1 atom stereocenters. The van der Waals surface area contributed by atoms with E-state index in [4.69, 9.17) is 9.97 Å². The molecule has 8 heteroatoms. The smallest absolute Gasteiger partial charge is 0.238 e. The Kier molecular flexibility index (Phi) is 5.28. The lowest BCUT2D eigenvalue weighted by Gasteiger charge is -2.22.